The van der Waals surface area contributed by atoms with Crippen molar-refractivity contribution in [2.45, 2.75) is 19.4 Å². The lowest BCUT2D eigenvalue weighted by Gasteiger charge is -2.39. The number of hydrogen-bond donors (Lipinski definition) is 1. The molecule has 0 unspecified atom stereocenters. The highest BCUT2D eigenvalue weighted by Gasteiger charge is 2.37. The fourth-order valence-electron chi connectivity index (χ4n) is 1.14. The average molecular weight is 178 g/mol. The van der Waals surface area contributed by atoms with Crippen molar-refractivity contribution in [3.8, 4) is 0 Å². The molecule has 0 radical (unpaired) electrons. The summed E-state index contributed by atoms with van der Waals surface area (Å²) in [6.07, 6.45) is -2.32. The minimum absolute atomic E-state index is 0.151. The first-order chi connectivity index (χ1) is 5.52. The second-order valence-corrected chi connectivity index (χ2v) is 3.13. The van der Waals surface area contributed by atoms with E-state index in [1.807, 2.05) is 0 Å². The van der Waals surface area contributed by atoms with Crippen LogP contribution in [0.3, 0.4) is 0 Å². The van der Waals surface area contributed by atoms with Crippen LogP contribution in [0.25, 0.3) is 0 Å². The molecule has 3 nitrogen and oxygen atoms in total. The number of nitrogens with two attached hydrogens (primary N) is 1. The van der Waals surface area contributed by atoms with E-state index in [4.69, 9.17) is 5.73 Å². The highest BCUT2D eigenvalue weighted by Crippen LogP contribution is 2.22. The number of hydrogen-bond acceptors (Lipinski definition) is 2. The van der Waals surface area contributed by atoms with E-state index in [9.17, 15) is 13.6 Å². The summed E-state index contributed by atoms with van der Waals surface area (Å²) < 4.78 is 23.9. The van der Waals surface area contributed by atoms with Gasteiger partial charge < -0.3 is 10.6 Å². The third kappa shape index (κ3) is 1.72. The van der Waals surface area contributed by atoms with Gasteiger partial charge >= 0.3 is 0 Å². The van der Waals surface area contributed by atoms with Crippen LogP contribution in [0.2, 0.25) is 0 Å². The maximum absolute atomic E-state index is 11.9. The molecule has 0 aromatic carbocycles. The van der Waals surface area contributed by atoms with E-state index < -0.39 is 18.4 Å². The molecule has 12 heavy (non-hydrogen) atoms. The van der Waals surface area contributed by atoms with Crippen molar-refractivity contribution < 1.29 is 13.6 Å². The maximum atomic E-state index is 11.9. The van der Waals surface area contributed by atoms with Gasteiger partial charge in [0.15, 0.2) is 0 Å². The molecule has 0 aromatic heterocycles. The van der Waals surface area contributed by atoms with Crippen LogP contribution >= 0.6 is 0 Å². The molecule has 1 aliphatic rings. The summed E-state index contributed by atoms with van der Waals surface area (Å²) >= 11 is 0. The minimum atomic E-state index is -2.32. The molecule has 2 N–H and O–H groups in total. The van der Waals surface area contributed by atoms with Crippen molar-refractivity contribution in [1.29, 1.82) is 0 Å². The van der Waals surface area contributed by atoms with Crippen molar-refractivity contribution in [2.75, 3.05) is 13.1 Å². The highest BCUT2D eigenvalue weighted by atomic mass is 19.3. The zero-order valence-corrected chi connectivity index (χ0v) is 6.84. The predicted octanol–water partition coefficient (Wildman–Crippen LogP) is 0.0571. The highest BCUT2D eigenvalue weighted by molar-refractivity contribution is 5.81. The van der Waals surface area contributed by atoms with Crippen molar-refractivity contribution in [2.24, 2.45) is 11.7 Å². The normalized spacial score (nSPS) is 20.9. The van der Waals surface area contributed by atoms with Gasteiger partial charge in [0.25, 0.3) is 0 Å². The summed E-state index contributed by atoms with van der Waals surface area (Å²) in [6, 6.07) is -0.580. The van der Waals surface area contributed by atoms with Gasteiger partial charge in [0.1, 0.15) is 0 Å². The third-order valence-corrected chi connectivity index (χ3v) is 1.97. The van der Waals surface area contributed by atoms with Gasteiger partial charge in [-0.05, 0) is 6.92 Å². The number of likely N-dealkylation sites (tertiary alicyclic amines) is 1. The van der Waals surface area contributed by atoms with E-state index in [1.165, 1.54) is 4.90 Å². The second-order valence-electron chi connectivity index (χ2n) is 3.13. The molecule has 1 heterocycles. The van der Waals surface area contributed by atoms with E-state index in [0.717, 1.165) is 0 Å². The van der Waals surface area contributed by atoms with E-state index >= 15 is 0 Å². The van der Waals surface area contributed by atoms with Crippen molar-refractivity contribution >= 4 is 5.91 Å². The van der Waals surface area contributed by atoms with Crippen LogP contribution in [0.15, 0.2) is 0 Å². The van der Waals surface area contributed by atoms with Gasteiger partial charge in [-0.25, -0.2) is 8.78 Å². The standard InChI is InChI=1S/C7H12F2N2O/c1-4(10)7(12)11-2-5(3-11)6(8)9/h4-6H,2-3,10H2,1H3/t4-/m1/s1. The number of halogens is 2. The summed E-state index contributed by atoms with van der Waals surface area (Å²) in [5.74, 6) is -0.889. The molecule has 1 atom stereocenters. The van der Waals surface area contributed by atoms with Crippen LogP contribution in [-0.2, 0) is 4.79 Å². The monoisotopic (exact) mass is 178 g/mol. The molecule has 1 fully saturated rings. The summed E-state index contributed by atoms with van der Waals surface area (Å²) in [6.45, 7) is 1.86. The molecule has 70 valence electrons. The Morgan fingerprint density at radius 2 is 2.08 bits per heavy atom. The smallest absolute Gasteiger partial charge is 0.244 e. The van der Waals surface area contributed by atoms with E-state index in [2.05, 4.69) is 0 Å². The predicted molar refractivity (Wildman–Crippen MR) is 39.7 cm³/mol. The van der Waals surface area contributed by atoms with E-state index in [0.29, 0.717) is 0 Å². The molecule has 0 aliphatic carbocycles. The van der Waals surface area contributed by atoms with Gasteiger partial charge in [0.2, 0.25) is 12.3 Å². The summed E-state index contributed by atoms with van der Waals surface area (Å²) in [5, 5.41) is 0. The van der Waals surface area contributed by atoms with Crippen LogP contribution in [0.4, 0.5) is 8.78 Å². The number of carbonyl (C=O) groups is 1. The Labute approximate surface area is 69.5 Å². The Morgan fingerprint density at radius 1 is 1.58 bits per heavy atom. The van der Waals surface area contributed by atoms with Crippen LogP contribution in [0, 0.1) is 5.92 Å². The molecule has 0 saturated carbocycles. The van der Waals surface area contributed by atoms with Crippen LogP contribution in [0.1, 0.15) is 6.92 Å². The fraction of sp³-hybridized carbons (Fsp3) is 0.857. The van der Waals surface area contributed by atoms with Gasteiger partial charge in [-0.3, -0.25) is 4.79 Å². The number of nitrogens with zero attached hydrogens (tertiary/aromatic N) is 1. The molecule has 0 aromatic rings. The van der Waals surface area contributed by atoms with Crippen molar-refractivity contribution in [1.82, 2.24) is 4.90 Å². The Morgan fingerprint density at radius 3 is 2.42 bits per heavy atom. The number of rotatable bonds is 2. The van der Waals surface area contributed by atoms with Gasteiger partial charge in [0.05, 0.1) is 12.0 Å². The molecular weight excluding hydrogens is 166 g/mol. The molecule has 1 aliphatic heterocycles. The van der Waals surface area contributed by atoms with Gasteiger partial charge in [-0.15, -0.1) is 0 Å². The third-order valence-electron chi connectivity index (χ3n) is 1.97. The molecule has 1 amide bonds. The van der Waals surface area contributed by atoms with Crippen LogP contribution in [0.5, 0.6) is 0 Å². The number of amides is 1. The largest absolute Gasteiger partial charge is 0.340 e. The maximum Gasteiger partial charge on any atom is 0.244 e. The lowest BCUT2D eigenvalue weighted by atomic mass is 10.00. The molecule has 5 heteroatoms. The lowest BCUT2D eigenvalue weighted by Crippen LogP contribution is -2.56. The summed E-state index contributed by atoms with van der Waals surface area (Å²) in [5.41, 5.74) is 5.29. The molecule has 1 rings (SSSR count). The van der Waals surface area contributed by atoms with Crippen molar-refractivity contribution in [3.05, 3.63) is 0 Å². The van der Waals surface area contributed by atoms with Crippen LogP contribution in [-0.4, -0.2) is 36.4 Å². The van der Waals surface area contributed by atoms with Crippen LogP contribution < -0.4 is 5.73 Å². The van der Waals surface area contributed by atoms with Gasteiger partial charge in [-0.2, -0.15) is 0 Å². The Hall–Kier alpha value is -0.710. The van der Waals surface area contributed by atoms with Gasteiger partial charge in [0, 0.05) is 13.1 Å². The molecule has 0 bridgehead atoms. The SMILES string of the molecule is C[C@@H](N)C(=O)N1CC(C(F)F)C1. The van der Waals surface area contributed by atoms with Crippen molar-refractivity contribution in [3.63, 3.8) is 0 Å². The minimum Gasteiger partial charge on any atom is -0.340 e. The second kappa shape index (κ2) is 3.35. The number of alkyl halides is 2. The molecule has 0 spiro atoms. The Kier molecular flexibility index (Phi) is 2.62. The first-order valence-electron chi connectivity index (χ1n) is 3.85. The summed E-state index contributed by atoms with van der Waals surface area (Å²) in [4.78, 5) is 12.4. The number of carbonyl (C=O) groups excluding carboxylic acids is 1. The van der Waals surface area contributed by atoms with Gasteiger partial charge in [-0.1, -0.05) is 0 Å². The lowest BCUT2D eigenvalue weighted by molar-refractivity contribution is -0.142. The van der Waals surface area contributed by atoms with E-state index in [-0.39, 0.29) is 19.0 Å². The Balaban J connectivity index is 2.30. The summed E-state index contributed by atoms with van der Waals surface area (Å²) in [7, 11) is 0. The first kappa shape index (κ1) is 9.38. The molecule has 1 saturated heterocycles. The Bertz CT molecular complexity index is 178. The average Bonchev–Trinajstić information content (AvgIpc) is 1.82. The topological polar surface area (TPSA) is 46.3 Å². The fourth-order valence-corrected chi connectivity index (χ4v) is 1.14. The zero-order chi connectivity index (χ0) is 9.30. The molecular formula is C7H12F2N2O. The quantitative estimate of drug-likeness (QED) is 0.649. The van der Waals surface area contributed by atoms with E-state index in [1.54, 1.807) is 6.92 Å². The first-order valence-corrected chi connectivity index (χ1v) is 3.85. The zero-order valence-electron chi connectivity index (χ0n) is 6.84.